The Bertz CT molecular complexity index is 501. The second-order valence-corrected chi connectivity index (χ2v) is 4.99. The Balaban J connectivity index is 1.83. The van der Waals surface area contributed by atoms with Gasteiger partial charge in [0, 0.05) is 39.1 Å². The summed E-state index contributed by atoms with van der Waals surface area (Å²) in [5.41, 5.74) is 4.79. The molecule has 0 atom stereocenters. The molecule has 3 nitrogen and oxygen atoms in total. The predicted molar refractivity (Wildman–Crippen MR) is 80.3 cm³/mol. The fourth-order valence-corrected chi connectivity index (χ4v) is 1.85. The fourth-order valence-electron chi connectivity index (χ4n) is 1.85. The van der Waals surface area contributed by atoms with Gasteiger partial charge in [-0.1, -0.05) is 18.2 Å². The van der Waals surface area contributed by atoms with Crippen LogP contribution in [0, 0.1) is 6.92 Å². The van der Waals surface area contributed by atoms with Crippen LogP contribution < -0.4 is 10.2 Å². The highest BCUT2D eigenvalue weighted by Gasteiger charge is 1.97. The zero-order chi connectivity index (χ0) is 13.7. The van der Waals surface area contributed by atoms with Gasteiger partial charge in [0.25, 0.3) is 0 Å². The fraction of sp³-hybridized carbons (Fsp3) is 0.312. The molecule has 2 rings (SSSR count). The standard InChI is InChI=1S/C16H21N3/c1-13-4-7-15(18-10-13)12-17-11-14-5-8-16(9-6-14)19(2)3/h4-10,17H,11-12H2,1-3H3. The number of nitrogens with one attached hydrogen (secondary N) is 1. The summed E-state index contributed by atoms with van der Waals surface area (Å²) in [5, 5.41) is 3.41. The smallest absolute Gasteiger partial charge is 0.0541 e. The van der Waals surface area contributed by atoms with Crippen LogP contribution in [0.1, 0.15) is 16.8 Å². The molecule has 0 amide bonds. The van der Waals surface area contributed by atoms with Crippen molar-refractivity contribution in [2.45, 2.75) is 20.0 Å². The quantitative estimate of drug-likeness (QED) is 0.890. The summed E-state index contributed by atoms with van der Waals surface area (Å²) in [6.07, 6.45) is 1.91. The molecule has 0 radical (unpaired) electrons. The molecule has 0 fully saturated rings. The molecular formula is C16H21N3. The second kappa shape index (κ2) is 6.34. The van der Waals surface area contributed by atoms with Crippen LogP contribution in [0.5, 0.6) is 0 Å². The van der Waals surface area contributed by atoms with Crippen LogP contribution in [0.2, 0.25) is 0 Å². The van der Waals surface area contributed by atoms with E-state index in [1.165, 1.54) is 16.8 Å². The molecule has 1 N–H and O–H groups in total. The zero-order valence-electron chi connectivity index (χ0n) is 11.9. The van der Waals surface area contributed by atoms with Crippen LogP contribution in [-0.2, 0) is 13.1 Å². The van der Waals surface area contributed by atoms with Gasteiger partial charge in [-0.05, 0) is 36.2 Å². The molecule has 0 aliphatic heterocycles. The lowest BCUT2D eigenvalue weighted by Crippen LogP contribution is -2.14. The van der Waals surface area contributed by atoms with Crippen LogP contribution in [0.3, 0.4) is 0 Å². The molecule has 1 aromatic carbocycles. The van der Waals surface area contributed by atoms with Crippen molar-refractivity contribution in [1.29, 1.82) is 0 Å². The molecular weight excluding hydrogens is 234 g/mol. The summed E-state index contributed by atoms with van der Waals surface area (Å²) in [5.74, 6) is 0. The number of benzene rings is 1. The Labute approximate surface area is 115 Å². The number of nitrogens with zero attached hydrogens (tertiary/aromatic N) is 2. The monoisotopic (exact) mass is 255 g/mol. The average Bonchev–Trinajstić information content (AvgIpc) is 2.41. The highest BCUT2D eigenvalue weighted by atomic mass is 15.1. The van der Waals surface area contributed by atoms with Gasteiger partial charge in [0.1, 0.15) is 0 Å². The Kier molecular flexibility index (Phi) is 4.53. The minimum absolute atomic E-state index is 0.801. The van der Waals surface area contributed by atoms with Gasteiger partial charge in [-0.15, -0.1) is 0 Å². The summed E-state index contributed by atoms with van der Waals surface area (Å²) in [4.78, 5) is 6.48. The zero-order valence-corrected chi connectivity index (χ0v) is 11.9. The van der Waals surface area contributed by atoms with E-state index < -0.39 is 0 Å². The maximum atomic E-state index is 4.38. The van der Waals surface area contributed by atoms with E-state index in [-0.39, 0.29) is 0 Å². The minimum Gasteiger partial charge on any atom is -0.378 e. The molecule has 0 bridgehead atoms. The molecule has 0 aliphatic carbocycles. The Morgan fingerprint density at radius 3 is 2.32 bits per heavy atom. The van der Waals surface area contributed by atoms with Crippen molar-refractivity contribution in [2.75, 3.05) is 19.0 Å². The SMILES string of the molecule is Cc1ccc(CNCc2ccc(N(C)C)cc2)nc1. The minimum atomic E-state index is 0.801. The summed E-state index contributed by atoms with van der Waals surface area (Å²) >= 11 is 0. The summed E-state index contributed by atoms with van der Waals surface area (Å²) in [7, 11) is 4.10. The van der Waals surface area contributed by atoms with Crippen molar-refractivity contribution in [3.63, 3.8) is 0 Å². The first kappa shape index (κ1) is 13.6. The highest BCUT2D eigenvalue weighted by molar-refractivity contribution is 5.45. The molecule has 1 aromatic heterocycles. The van der Waals surface area contributed by atoms with Crippen molar-refractivity contribution in [2.24, 2.45) is 0 Å². The first-order chi connectivity index (χ1) is 9.15. The van der Waals surface area contributed by atoms with Gasteiger partial charge < -0.3 is 10.2 Å². The largest absolute Gasteiger partial charge is 0.378 e. The summed E-state index contributed by atoms with van der Waals surface area (Å²) in [6, 6.07) is 12.8. The summed E-state index contributed by atoms with van der Waals surface area (Å²) < 4.78 is 0. The maximum absolute atomic E-state index is 4.38. The van der Waals surface area contributed by atoms with Crippen LogP contribution in [0.25, 0.3) is 0 Å². The number of aromatic nitrogens is 1. The van der Waals surface area contributed by atoms with Crippen LogP contribution in [0.15, 0.2) is 42.6 Å². The average molecular weight is 255 g/mol. The van der Waals surface area contributed by atoms with Gasteiger partial charge in [0.2, 0.25) is 0 Å². The third-order valence-corrected chi connectivity index (χ3v) is 3.06. The Hall–Kier alpha value is -1.87. The van der Waals surface area contributed by atoms with E-state index >= 15 is 0 Å². The molecule has 0 spiro atoms. The maximum Gasteiger partial charge on any atom is 0.0541 e. The van der Waals surface area contributed by atoms with E-state index in [1.54, 1.807) is 0 Å². The van der Waals surface area contributed by atoms with E-state index in [4.69, 9.17) is 0 Å². The van der Waals surface area contributed by atoms with E-state index in [0.717, 1.165) is 18.8 Å². The molecule has 0 saturated carbocycles. The Morgan fingerprint density at radius 1 is 1.00 bits per heavy atom. The molecule has 1 heterocycles. The number of pyridine rings is 1. The van der Waals surface area contributed by atoms with Gasteiger partial charge in [-0.2, -0.15) is 0 Å². The molecule has 0 unspecified atom stereocenters. The van der Waals surface area contributed by atoms with Crippen molar-refractivity contribution >= 4 is 5.69 Å². The summed E-state index contributed by atoms with van der Waals surface area (Å²) in [6.45, 7) is 3.72. The van der Waals surface area contributed by atoms with Gasteiger partial charge >= 0.3 is 0 Å². The van der Waals surface area contributed by atoms with Crippen molar-refractivity contribution in [3.8, 4) is 0 Å². The van der Waals surface area contributed by atoms with Crippen LogP contribution in [0.4, 0.5) is 5.69 Å². The number of anilines is 1. The molecule has 0 aliphatic rings. The number of aryl methyl sites for hydroxylation is 1. The second-order valence-electron chi connectivity index (χ2n) is 4.99. The third kappa shape index (κ3) is 4.07. The molecule has 3 heteroatoms. The lowest BCUT2D eigenvalue weighted by molar-refractivity contribution is 0.679. The van der Waals surface area contributed by atoms with E-state index in [9.17, 15) is 0 Å². The number of rotatable bonds is 5. The van der Waals surface area contributed by atoms with Crippen LogP contribution in [-0.4, -0.2) is 19.1 Å². The first-order valence-electron chi connectivity index (χ1n) is 6.53. The highest BCUT2D eigenvalue weighted by Crippen LogP contribution is 2.12. The van der Waals surface area contributed by atoms with Crippen molar-refractivity contribution < 1.29 is 0 Å². The lowest BCUT2D eigenvalue weighted by Gasteiger charge is -2.12. The van der Waals surface area contributed by atoms with E-state index in [1.807, 2.05) is 6.20 Å². The van der Waals surface area contributed by atoms with E-state index in [0.29, 0.717) is 0 Å². The van der Waals surface area contributed by atoms with E-state index in [2.05, 4.69) is 72.6 Å². The molecule has 0 saturated heterocycles. The normalized spacial score (nSPS) is 10.5. The van der Waals surface area contributed by atoms with Gasteiger partial charge in [0.15, 0.2) is 0 Å². The van der Waals surface area contributed by atoms with Gasteiger partial charge in [0.05, 0.1) is 5.69 Å². The van der Waals surface area contributed by atoms with Crippen molar-refractivity contribution in [3.05, 3.63) is 59.4 Å². The lowest BCUT2D eigenvalue weighted by atomic mass is 10.2. The molecule has 2 aromatic rings. The number of hydrogen-bond acceptors (Lipinski definition) is 3. The molecule has 100 valence electrons. The van der Waals surface area contributed by atoms with Crippen LogP contribution >= 0.6 is 0 Å². The van der Waals surface area contributed by atoms with Crippen molar-refractivity contribution in [1.82, 2.24) is 10.3 Å². The first-order valence-corrected chi connectivity index (χ1v) is 6.53. The van der Waals surface area contributed by atoms with Gasteiger partial charge in [-0.3, -0.25) is 4.98 Å². The van der Waals surface area contributed by atoms with Gasteiger partial charge in [-0.25, -0.2) is 0 Å². The molecule has 19 heavy (non-hydrogen) atoms. The third-order valence-electron chi connectivity index (χ3n) is 3.06. The topological polar surface area (TPSA) is 28.2 Å². The Morgan fingerprint density at radius 2 is 1.74 bits per heavy atom. The number of hydrogen-bond donors (Lipinski definition) is 1. The predicted octanol–water partition coefficient (Wildman–Crippen LogP) is 2.75.